The minimum Gasteiger partial charge on any atom is -0.293 e. The van der Waals surface area contributed by atoms with Gasteiger partial charge < -0.3 is 0 Å². The molecule has 0 spiro atoms. The van der Waals surface area contributed by atoms with Gasteiger partial charge in [0, 0.05) is 26.8 Å². The zero-order valence-corrected chi connectivity index (χ0v) is 14.5. The van der Waals surface area contributed by atoms with Gasteiger partial charge in [-0.1, -0.05) is 29.8 Å². The molecule has 3 rings (SSSR count). The third-order valence-corrected chi connectivity index (χ3v) is 6.06. The van der Waals surface area contributed by atoms with Crippen molar-refractivity contribution in [3.05, 3.63) is 64.0 Å². The number of halogens is 1. The van der Waals surface area contributed by atoms with Crippen LogP contribution in [0.15, 0.2) is 53.4 Å². The van der Waals surface area contributed by atoms with Gasteiger partial charge in [0.15, 0.2) is 5.78 Å². The van der Waals surface area contributed by atoms with Crippen molar-refractivity contribution in [2.45, 2.75) is 18.2 Å². The Balaban J connectivity index is 1.71. The maximum Gasteiger partial charge on any atom is 0.173 e. The minimum absolute atomic E-state index is 0.221. The van der Waals surface area contributed by atoms with Crippen molar-refractivity contribution >= 4 is 50.6 Å². The molecule has 2 aromatic carbocycles. The standard InChI is InChI=1S/C18H15ClOS2/c1-12-15-11-13(19)7-8-17(15)22-18(12)16(20)9-10-21-14-5-3-2-4-6-14/h2-8,11H,9-10H2,1H3. The Kier molecular flexibility index (Phi) is 4.87. The van der Waals surface area contributed by atoms with Crippen molar-refractivity contribution in [1.82, 2.24) is 0 Å². The fourth-order valence-electron chi connectivity index (χ4n) is 2.35. The van der Waals surface area contributed by atoms with E-state index < -0.39 is 0 Å². The normalized spacial score (nSPS) is 11.0. The number of benzene rings is 2. The molecule has 0 radical (unpaired) electrons. The molecule has 0 saturated carbocycles. The number of Topliss-reactive ketones (excluding diaryl/α,β-unsaturated/α-hetero) is 1. The lowest BCUT2D eigenvalue weighted by Crippen LogP contribution is -1.99. The number of thiophene rings is 1. The lowest BCUT2D eigenvalue weighted by Gasteiger charge is -2.01. The van der Waals surface area contributed by atoms with Crippen molar-refractivity contribution in [1.29, 1.82) is 0 Å². The van der Waals surface area contributed by atoms with Gasteiger partial charge in [-0.15, -0.1) is 23.1 Å². The summed E-state index contributed by atoms with van der Waals surface area (Å²) in [5.74, 6) is 1.02. The highest BCUT2D eigenvalue weighted by atomic mass is 35.5. The molecule has 0 aliphatic rings. The first-order valence-electron chi connectivity index (χ1n) is 7.05. The molecule has 0 unspecified atom stereocenters. The molecule has 0 amide bonds. The van der Waals surface area contributed by atoms with E-state index >= 15 is 0 Å². The summed E-state index contributed by atoms with van der Waals surface area (Å²) in [5.41, 5.74) is 1.05. The molecule has 1 aromatic heterocycles. The third kappa shape index (κ3) is 3.37. The highest BCUT2D eigenvalue weighted by molar-refractivity contribution is 7.99. The molecule has 1 nitrogen and oxygen atoms in total. The maximum atomic E-state index is 12.5. The lowest BCUT2D eigenvalue weighted by molar-refractivity contribution is 0.0993. The molecular formula is C18H15ClOS2. The van der Waals surface area contributed by atoms with E-state index in [0.717, 1.165) is 26.3 Å². The number of ketones is 1. The predicted octanol–water partition coefficient (Wildman–Crippen LogP) is 6.23. The molecule has 22 heavy (non-hydrogen) atoms. The zero-order valence-electron chi connectivity index (χ0n) is 12.1. The summed E-state index contributed by atoms with van der Waals surface area (Å²) in [6.45, 7) is 2.01. The van der Waals surface area contributed by atoms with Gasteiger partial charge in [0.1, 0.15) is 0 Å². The van der Waals surface area contributed by atoms with E-state index in [4.69, 9.17) is 11.6 Å². The quantitative estimate of drug-likeness (QED) is 0.402. The molecule has 0 aliphatic heterocycles. The Morgan fingerprint density at radius 1 is 1.18 bits per heavy atom. The number of fused-ring (bicyclic) bond motifs is 1. The van der Waals surface area contributed by atoms with Gasteiger partial charge in [0.25, 0.3) is 0 Å². The van der Waals surface area contributed by atoms with E-state index in [1.54, 1.807) is 23.1 Å². The van der Waals surface area contributed by atoms with E-state index in [1.807, 2.05) is 43.3 Å². The second kappa shape index (κ2) is 6.86. The largest absolute Gasteiger partial charge is 0.293 e. The SMILES string of the molecule is Cc1c(C(=O)CCSc2ccccc2)sc2ccc(Cl)cc12. The topological polar surface area (TPSA) is 17.1 Å². The van der Waals surface area contributed by atoms with Gasteiger partial charge in [0.05, 0.1) is 4.88 Å². The van der Waals surface area contributed by atoms with Gasteiger partial charge in [-0.2, -0.15) is 0 Å². The van der Waals surface area contributed by atoms with Gasteiger partial charge in [-0.25, -0.2) is 0 Å². The van der Waals surface area contributed by atoms with Crippen LogP contribution < -0.4 is 0 Å². The Bertz CT molecular complexity index is 809. The minimum atomic E-state index is 0.221. The zero-order chi connectivity index (χ0) is 15.5. The van der Waals surface area contributed by atoms with Crippen LogP contribution in [-0.4, -0.2) is 11.5 Å². The summed E-state index contributed by atoms with van der Waals surface area (Å²) >= 11 is 9.34. The average molecular weight is 347 g/mol. The first-order valence-corrected chi connectivity index (χ1v) is 9.23. The molecule has 0 N–H and O–H groups in total. The molecule has 0 bridgehead atoms. The number of hydrogen-bond acceptors (Lipinski definition) is 3. The molecule has 3 aromatic rings. The van der Waals surface area contributed by atoms with E-state index in [2.05, 4.69) is 12.1 Å². The van der Waals surface area contributed by atoms with Crippen LogP contribution in [0.3, 0.4) is 0 Å². The van der Waals surface area contributed by atoms with Crippen LogP contribution in [0, 0.1) is 6.92 Å². The molecular weight excluding hydrogens is 332 g/mol. The highest BCUT2D eigenvalue weighted by Gasteiger charge is 2.15. The van der Waals surface area contributed by atoms with Gasteiger partial charge in [-0.3, -0.25) is 4.79 Å². The predicted molar refractivity (Wildman–Crippen MR) is 97.7 cm³/mol. The monoisotopic (exact) mass is 346 g/mol. The van der Waals surface area contributed by atoms with Gasteiger partial charge in [-0.05, 0) is 48.2 Å². The van der Waals surface area contributed by atoms with Crippen molar-refractivity contribution < 1.29 is 4.79 Å². The Morgan fingerprint density at radius 3 is 2.73 bits per heavy atom. The van der Waals surface area contributed by atoms with Gasteiger partial charge in [0.2, 0.25) is 0 Å². The second-order valence-corrected chi connectivity index (χ2v) is 7.69. The lowest BCUT2D eigenvalue weighted by atomic mass is 10.1. The third-order valence-electron chi connectivity index (χ3n) is 3.49. The molecule has 0 atom stereocenters. The molecule has 0 aliphatic carbocycles. The molecule has 1 heterocycles. The number of hydrogen-bond donors (Lipinski definition) is 0. The van der Waals surface area contributed by atoms with Crippen LogP contribution in [0.4, 0.5) is 0 Å². The Hall–Kier alpha value is -1.29. The van der Waals surface area contributed by atoms with Crippen LogP contribution in [0.25, 0.3) is 10.1 Å². The molecule has 4 heteroatoms. The summed E-state index contributed by atoms with van der Waals surface area (Å²) in [6, 6.07) is 16.0. The van der Waals surface area contributed by atoms with Crippen molar-refractivity contribution in [3.63, 3.8) is 0 Å². The first kappa shape index (κ1) is 15.6. The van der Waals surface area contributed by atoms with E-state index in [9.17, 15) is 4.79 Å². The maximum absolute atomic E-state index is 12.5. The van der Waals surface area contributed by atoms with E-state index in [1.165, 1.54) is 4.90 Å². The van der Waals surface area contributed by atoms with Crippen molar-refractivity contribution in [3.8, 4) is 0 Å². The molecule has 0 saturated heterocycles. The van der Waals surface area contributed by atoms with Crippen LogP contribution in [0.1, 0.15) is 21.7 Å². The fraction of sp³-hybridized carbons (Fsp3) is 0.167. The van der Waals surface area contributed by atoms with Crippen molar-refractivity contribution in [2.75, 3.05) is 5.75 Å². The molecule has 112 valence electrons. The van der Waals surface area contributed by atoms with Crippen LogP contribution in [-0.2, 0) is 0 Å². The summed E-state index contributed by atoms with van der Waals surface area (Å²) in [6.07, 6.45) is 0.557. The van der Waals surface area contributed by atoms with Gasteiger partial charge >= 0.3 is 0 Å². The summed E-state index contributed by atoms with van der Waals surface area (Å²) in [4.78, 5) is 14.5. The fourth-order valence-corrected chi connectivity index (χ4v) is 4.55. The summed E-state index contributed by atoms with van der Waals surface area (Å²) in [7, 11) is 0. The Labute approximate surface area is 143 Å². The van der Waals surface area contributed by atoms with Crippen LogP contribution in [0.5, 0.6) is 0 Å². The van der Waals surface area contributed by atoms with Crippen LogP contribution >= 0.6 is 34.7 Å². The number of thioether (sulfide) groups is 1. The number of rotatable bonds is 5. The smallest absolute Gasteiger partial charge is 0.173 e. The first-order chi connectivity index (χ1) is 10.6. The van der Waals surface area contributed by atoms with Crippen LogP contribution in [0.2, 0.25) is 5.02 Å². The second-order valence-electron chi connectivity index (χ2n) is 5.03. The van der Waals surface area contributed by atoms with E-state index in [0.29, 0.717) is 11.4 Å². The number of aryl methyl sites for hydroxylation is 1. The number of carbonyl (C=O) groups excluding carboxylic acids is 1. The van der Waals surface area contributed by atoms with E-state index in [-0.39, 0.29) is 5.78 Å². The van der Waals surface area contributed by atoms with Crippen molar-refractivity contribution in [2.24, 2.45) is 0 Å². The molecule has 0 fully saturated rings. The summed E-state index contributed by atoms with van der Waals surface area (Å²) < 4.78 is 1.13. The summed E-state index contributed by atoms with van der Waals surface area (Å²) in [5, 5.41) is 1.81. The number of carbonyl (C=O) groups is 1. The average Bonchev–Trinajstić information content (AvgIpc) is 2.85. The highest BCUT2D eigenvalue weighted by Crippen LogP contribution is 2.33. The Morgan fingerprint density at radius 2 is 1.95 bits per heavy atom.